The quantitative estimate of drug-likeness (QED) is 0.905. The molecule has 2 rings (SSSR count). The van der Waals surface area contributed by atoms with Gasteiger partial charge in [0.15, 0.2) is 0 Å². The lowest BCUT2D eigenvalue weighted by atomic mass is 10.1. The molecule has 1 heterocycles. The molecule has 0 aliphatic rings. The number of nitrogens with zero attached hydrogens (tertiary/aromatic N) is 1. The Labute approximate surface area is 104 Å². The molecule has 1 aromatic heterocycles. The molecule has 0 atom stereocenters. The molecule has 0 saturated heterocycles. The van der Waals surface area contributed by atoms with Crippen LogP contribution in [0.2, 0.25) is 0 Å². The van der Waals surface area contributed by atoms with Crippen molar-refractivity contribution >= 4 is 11.3 Å². The first-order chi connectivity index (χ1) is 8.11. The number of thiazole rings is 1. The minimum absolute atomic E-state index is 0.228. The molecule has 0 saturated carbocycles. The maximum absolute atomic E-state index is 12.9. The monoisotopic (exact) mass is 250 g/mol. The topological polar surface area (TPSA) is 38.9 Å². The lowest BCUT2D eigenvalue weighted by molar-refractivity contribution is 0.628. The van der Waals surface area contributed by atoms with E-state index in [1.165, 1.54) is 17.0 Å². The van der Waals surface area contributed by atoms with Gasteiger partial charge in [0.25, 0.3) is 0 Å². The number of hydrogen-bond acceptors (Lipinski definition) is 3. The van der Waals surface area contributed by atoms with E-state index >= 15 is 0 Å². The summed E-state index contributed by atoms with van der Waals surface area (Å²) in [4.78, 5) is 5.73. The Balaban J connectivity index is 2.49. The molecular weight excluding hydrogens is 235 g/mol. The van der Waals surface area contributed by atoms with Crippen LogP contribution in [0.4, 0.5) is 4.39 Å². The Morgan fingerprint density at radius 3 is 2.47 bits per heavy atom. The van der Waals surface area contributed by atoms with E-state index in [1.54, 1.807) is 23.5 Å². The molecule has 2 N–H and O–H groups in total. The van der Waals surface area contributed by atoms with Gasteiger partial charge in [-0.1, -0.05) is 13.8 Å². The maximum atomic E-state index is 12.9. The van der Waals surface area contributed by atoms with Gasteiger partial charge in [-0.2, -0.15) is 0 Å². The highest BCUT2D eigenvalue weighted by molar-refractivity contribution is 7.12. The molecule has 0 aliphatic heterocycles. The van der Waals surface area contributed by atoms with Crippen LogP contribution in [0.1, 0.15) is 29.7 Å². The van der Waals surface area contributed by atoms with Crippen LogP contribution < -0.4 is 5.73 Å². The van der Waals surface area contributed by atoms with Gasteiger partial charge in [-0.15, -0.1) is 11.3 Å². The van der Waals surface area contributed by atoms with Crippen molar-refractivity contribution < 1.29 is 4.39 Å². The summed E-state index contributed by atoms with van der Waals surface area (Å²) in [6.45, 7) is 4.70. The first-order valence-electron chi connectivity index (χ1n) is 5.57. The van der Waals surface area contributed by atoms with E-state index in [0.29, 0.717) is 12.5 Å². The second-order valence-electron chi connectivity index (χ2n) is 4.19. The summed E-state index contributed by atoms with van der Waals surface area (Å²) in [5.41, 5.74) is 7.51. The summed E-state index contributed by atoms with van der Waals surface area (Å²) in [5, 5.41) is 0.924. The molecule has 2 aromatic rings. The third-order valence-electron chi connectivity index (χ3n) is 2.51. The minimum atomic E-state index is -0.228. The average Bonchev–Trinajstić information content (AvgIpc) is 2.74. The van der Waals surface area contributed by atoms with Crippen LogP contribution >= 0.6 is 11.3 Å². The van der Waals surface area contributed by atoms with Gasteiger partial charge in [-0.25, -0.2) is 9.37 Å². The van der Waals surface area contributed by atoms with E-state index in [4.69, 9.17) is 5.73 Å². The highest BCUT2D eigenvalue weighted by Crippen LogP contribution is 2.33. The van der Waals surface area contributed by atoms with Crippen LogP contribution in [0.15, 0.2) is 24.3 Å². The van der Waals surface area contributed by atoms with Gasteiger partial charge in [0.05, 0.1) is 5.69 Å². The molecule has 0 amide bonds. The molecule has 90 valence electrons. The molecule has 0 radical (unpaired) electrons. The predicted octanol–water partition coefficient (Wildman–Crippen LogP) is 3.53. The Morgan fingerprint density at radius 2 is 1.94 bits per heavy atom. The summed E-state index contributed by atoms with van der Waals surface area (Å²) in [6.07, 6.45) is 0. The van der Waals surface area contributed by atoms with Crippen molar-refractivity contribution in [1.29, 1.82) is 0 Å². The minimum Gasteiger partial charge on any atom is -0.325 e. The molecular formula is C13H15FN2S. The largest absolute Gasteiger partial charge is 0.325 e. The van der Waals surface area contributed by atoms with Crippen LogP contribution in [-0.4, -0.2) is 4.98 Å². The van der Waals surface area contributed by atoms with Crippen molar-refractivity contribution in [3.63, 3.8) is 0 Å². The van der Waals surface area contributed by atoms with Gasteiger partial charge in [-0.05, 0) is 30.2 Å². The summed E-state index contributed by atoms with van der Waals surface area (Å²) in [5.74, 6) is 0.168. The lowest BCUT2D eigenvalue weighted by Gasteiger charge is -2.05. The van der Waals surface area contributed by atoms with Crippen LogP contribution in [0.3, 0.4) is 0 Å². The van der Waals surface area contributed by atoms with E-state index in [1.807, 2.05) is 0 Å². The zero-order valence-electron chi connectivity index (χ0n) is 9.90. The fourth-order valence-electron chi connectivity index (χ4n) is 1.67. The van der Waals surface area contributed by atoms with E-state index < -0.39 is 0 Å². The van der Waals surface area contributed by atoms with Crippen LogP contribution in [0.25, 0.3) is 11.3 Å². The Hall–Kier alpha value is -1.26. The number of aromatic nitrogens is 1. The Bertz CT molecular complexity index is 503. The van der Waals surface area contributed by atoms with Crippen molar-refractivity contribution in [3.8, 4) is 11.3 Å². The highest BCUT2D eigenvalue weighted by Gasteiger charge is 2.15. The van der Waals surface area contributed by atoms with Crippen molar-refractivity contribution in [2.45, 2.75) is 26.3 Å². The second kappa shape index (κ2) is 4.94. The van der Waals surface area contributed by atoms with Gasteiger partial charge < -0.3 is 5.73 Å². The fourth-order valence-corrected chi connectivity index (χ4v) is 2.64. The average molecular weight is 250 g/mol. The normalized spacial score (nSPS) is 11.1. The summed E-state index contributed by atoms with van der Waals surface area (Å²) >= 11 is 1.64. The van der Waals surface area contributed by atoms with E-state index in [2.05, 4.69) is 18.8 Å². The smallest absolute Gasteiger partial charge is 0.123 e. The van der Waals surface area contributed by atoms with Crippen molar-refractivity contribution in [2.24, 2.45) is 5.73 Å². The molecule has 0 fully saturated rings. The van der Waals surface area contributed by atoms with Gasteiger partial charge in [0, 0.05) is 17.0 Å². The van der Waals surface area contributed by atoms with Crippen LogP contribution in [0, 0.1) is 5.82 Å². The number of benzene rings is 1. The van der Waals surface area contributed by atoms with E-state index in [-0.39, 0.29) is 5.82 Å². The molecule has 2 nitrogen and oxygen atoms in total. The lowest BCUT2D eigenvalue weighted by Crippen LogP contribution is -1.94. The molecule has 0 unspecified atom stereocenters. The maximum Gasteiger partial charge on any atom is 0.123 e. The van der Waals surface area contributed by atoms with Crippen molar-refractivity contribution in [1.82, 2.24) is 4.98 Å². The molecule has 0 aliphatic carbocycles. The van der Waals surface area contributed by atoms with Gasteiger partial charge in [0.2, 0.25) is 0 Å². The number of nitrogens with two attached hydrogens (primary N) is 1. The number of halogens is 1. The Morgan fingerprint density at radius 1 is 1.29 bits per heavy atom. The fraction of sp³-hybridized carbons (Fsp3) is 0.308. The van der Waals surface area contributed by atoms with Crippen molar-refractivity contribution in [3.05, 3.63) is 40.0 Å². The molecule has 1 aromatic carbocycles. The zero-order valence-corrected chi connectivity index (χ0v) is 10.7. The molecule has 0 bridgehead atoms. The van der Waals surface area contributed by atoms with Gasteiger partial charge >= 0.3 is 0 Å². The first-order valence-corrected chi connectivity index (χ1v) is 6.39. The molecule has 4 heteroatoms. The molecule has 0 spiro atoms. The zero-order chi connectivity index (χ0) is 12.4. The summed E-state index contributed by atoms with van der Waals surface area (Å²) in [6, 6.07) is 6.44. The summed E-state index contributed by atoms with van der Waals surface area (Å²) in [7, 11) is 0. The SMILES string of the molecule is CC(C)c1sc(CN)nc1-c1ccc(F)cc1. The third kappa shape index (κ3) is 2.53. The first kappa shape index (κ1) is 12.2. The second-order valence-corrected chi connectivity index (χ2v) is 5.30. The predicted molar refractivity (Wildman–Crippen MR) is 69.5 cm³/mol. The Kier molecular flexibility index (Phi) is 3.54. The van der Waals surface area contributed by atoms with E-state index in [9.17, 15) is 4.39 Å². The highest BCUT2D eigenvalue weighted by atomic mass is 32.1. The van der Waals surface area contributed by atoms with Crippen LogP contribution in [-0.2, 0) is 6.54 Å². The standard InChI is InChI=1S/C13H15FN2S/c1-8(2)13-12(16-11(7-15)17-13)9-3-5-10(14)6-4-9/h3-6,8H,7,15H2,1-2H3. The summed E-state index contributed by atoms with van der Waals surface area (Å²) < 4.78 is 12.9. The van der Waals surface area contributed by atoms with E-state index in [0.717, 1.165) is 16.3 Å². The van der Waals surface area contributed by atoms with Crippen molar-refractivity contribution in [2.75, 3.05) is 0 Å². The number of hydrogen-bond donors (Lipinski definition) is 1. The molecule has 17 heavy (non-hydrogen) atoms. The van der Waals surface area contributed by atoms with Gasteiger partial charge in [0.1, 0.15) is 10.8 Å². The third-order valence-corrected chi connectivity index (χ3v) is 3.89. The van der Waals surface area contributed by atoms with Crippen LogP contribution in [0.5, 0.6) is 0 Å². The van der Waals surface area contributed by atoms with Gasteiger partial charge in [-0.3, -0.25) is 0 Å². The number of rotatable bonds is 3.